The van der Waals surface area contributed by atoms with Crippen molar-refractivity contribution in [2.75, 3.05) is 7.11 Å². The largest absolute Gasteiger partial charge is 0.469 e. The van der Waals surface area contributed by atoms with Crippen LogP contribution in [0.1, 0.15) is 85.0 Å². The molecule has 162 valence electrons. The highest BCUT2D eigenvalue weighted by Crippen LogP contribution is 2.67. The van der Waals surface area contributed by atoms with Gasteiger partial charge in [-0.25, -0.2) is 0 Å². The number of carbonyl (C=O) groups excluding carboxylic acids is 3. The Balaban J connectivity index is 1.55. The van der Waals surface area contributed by atoms with E-state index in [0.29, 0.717) is 66.3 Å². The van der Waals surface area contributed by atoms with Crippen LogP contribution in [0.4, 0.5) is 0 Å². The highest BCUT2D eigenvalue weighted by molar-refractivity contribution is 5.87. The summed E-state index contributed by atoms with van der Waals surface area (Å²) >= 11 is 0. The Labute approximate surface area is 175 Å². The van der Waals surface area contributed by atoms with Crippen molar-refractivity contribution in [3.63, 3.8) is 0 Å². The van der Waals surface area contributed by atoms with Crippen LogP contribution in [0.5, 0.6) is 0 Å². The molecule has 0 bridgehead atoms. The Morgan fingerprint density at radius 2 is 1.86 bits per heavy atom. The van der Waals surface area contributed by atoms with Gasteiger partial charge in [-0.2, -0.15) is 0 Å². The van der Waals surface area contributed by atoms with E-state index in [0.717, 1.165) is 38.5 Å². The van der Waals surface area contributed by atoms with E-state index in [1.807, 2.05) is 0 Å². The molecule has 4 aliphatic rings. The fraction of sp³-hybridized carbons (Fsp3) is 0.880. The van der Waals surface area contributed by atoms with Crippen LogP contribution in [0.2, 0.25) is 0 Å². The fourth-order valence-electron chi connectivity index (χ4n) is 8.34. The van der Waals surface area contributed by atoms with Gasteiger partial charge in [-0.15, -0.1) is 0 Å². The van der Waals surface area contributed by atoms with E-state index in [2.05, 4.69) is 20.8 Å². The first-order valence-electron chi connectivity index (χ1n) is 11.8. The molecule has 4 fully saturated rings. The zero-order valence-corrected chi connectivity index (χ0v) is 18.7. The van der Waals surface area contributed by atoms with Crippen LogP contribution in [0.3, 0.4) is 0 Å². The van der Waals surface area contributed by atoms with Crippen molar-refractivity contribution in [1.29, 1.82) is 0 Å². The smallest absolute Gasteiger partial charge is 0.305 e. The number of fused-ring (bicyclic) bond motifs is 5. The van der Waals surface area contributed by atoms with Gasteiger partial charge in [0.15, 0.2) is 0 Å². The van der Waals surface area contributed by atoms with Gasteiger partial charge < -0.3 is 4.74 Å². The van der Waals surface area contributed by atoms with Gasteiger partial charge >= 0.3 is 5.97 Å². The first-order valence-corrected chi connectivity index (χ1v) is 11.8. The quantitative estimate of drug-likeness (QED) is 0.622. The molecule has 4 heteroatoms. The molecule has 8 atom stereocenters. The molecule has 0 N–H and O–H groups in total. The van der Waals surface area contributed by atoms with E-state index < -0.39 is 0 Å². The van der Waals surface area contributed by atoms with Crippen LogP contribution in [-0.4, -0.2) is 24.6 Å². The maximum absolute atomic E-state index is 13.7. The van der Waals surface area contributed by atoms with Crippen LogP contribution >= 0.6 is 0 Å². The summed E-state index contributed by atoms with van der Waals surface area (Å²) in [6.45, 7) is 6.87. The van der Waals surface area contributed by atoms with E-state index >= 15 is 0 Å². The highest BCUT2D eigenvalue weighted by atomic mass is 16.5. The van der Waals surface area contributed by atoms with Crippen molar-refractivity contribution in [3.8, 4) is 0 Å². The Kier molecular flexibility index (Phi) is 5.44. The lowest BCUT2D eigenvalue weighted by Crippen LogP contribution is -2.57. The monoisotopic (exact) mass is 402 g/mol. The second kappa shape index (κ2) is 7.50. The summed E-state index contributed by atoms with van der Waals surface area (Å²) in [4.78, 5) is 37.4. The molecule has 4 aliphatic carbocycles. The molecule has 4 nitrogen and oxygen atoms in total. The van der Waals surface area contributed by atoms with Gasteiger partial charge in [0.2, 0.25) is 0 Å². The normalized spacial score (nSPS) is 45.2. The topological polar surface area (TPSA) is 60.4 Å². The fourth-order valence-corrected chi connectivity index (χ4v) is 8.34. The predicted octanol–water partition coefficient (Wildman–Crippen LogP) is 4.98. The molecule has 0 radical (unpaired) electrons. The van der Waals surface area contributed by atoms with Crippen molar-refractivity contribution in [1.82, 2.24) is 0 Å². The number of carbonyl (C=O) groups is 3. The highest BCUT2D eigenvalue weighted by Gasteiger charge is 2.63. The minimum Gasteiger partial charge on any atom is -0.469 e. The summed E-state index contributed by atoms with van der Waals surface area (Å²) in [6, 6.07) is 0. The molecular weight excluding hydrogens is 364 g/mol. The number of hydrogen-bond donors (Lipinski definition) is 0. The van der Waals surface area contributed by atoms with E-state index in [1.165, 1.54) is 13.5 Å². The molecule has 29 heavy (non-hydrogen) atoms. The number of methoxy groups -OCH3 is 1. The van der Waals surface area contributed by atoms with Gasteiger partial charge in [0, 0.05) is 31.1 Å². The van der Waals surface area contributed by atoms with Crippen molar-refractivity contribution in [2.24, 2.45) is 46.3 Å². The van der Waals surface area contributed by atoms with E-state index in [9.17, 15) is 14.4 Å². The van der Waals surface area contributed by atoms with Gasteiger partial charge in [0.1, 0.15) is 11.6 Å². The molecule has 0 aromatic rings. The van der Waals surface area contributed by atoms with Crippen molar-refractivity contribution >= 4 is 17.5 Å². The second-order valence-electron chi connectivity index (χ2n) is 11.1. The molecular formula is C25H38O4. The number of Topliss-reactive ketones (excluding diaryl/α,β-unsaturated/α-hetero) is 2. The van der Waals surface area contributed by atoms with Crippen LogP contribution < -0.4 is 0 Å². The van der Waals surface area contributed by atoms with Gasteiger partial charge in [-0.3, -0.25) is 14.4 Å². The maximum Gasteiger partial charge on any atom is 0.305 e. The van der Waals surface area contributed by atoms with Gasteiger partial charge in [0.05, 0.1) is 7.11 Å². The van der Waals surface area contributed by atoms with Crippen molar-refractivity contribution < 1.29 is 19.1 Å². The lowest BCUT2D eigenvalue weighted by Gasteiger charge is -2.59. The first-order chi connectivity index (χ1) is 13.7. The molecule has 0 heterocycles. The number of ether oxygens (including phenoxy) is 1. The number of rotatable bonds is 4. The molecule has 0 aliphatic heterocycles. The standard InChI is InChI=1S/C25H38O4/c1-15(5-10-23(28)29-4)19-8-9-20-18-7-6-16-13-17(26)11-12-24(16,2)21(18)14-22(27)25(19,20)3/h15-16,18-21H,5-14H2,1-4H3/t15-,16-,18?,19?,20?,21?,24+,25-/m1/s1. The minimum absolute atomic E-state index is 0.148. The lowest BCUT2D eigenvalue weighted by atomic mass is 9.44. The third-order valence-electron chi connectivity index (χ3n) is 10.1. The van der Waals surface area contributed by atoms with Crippen molar-refractivity contribution in [2.45, 2.75) is 85.0 Å². The van der Waals surface area contributed by atoms with Crippen LogP contribution in [0.15, 0.2) is 0 Å². The molecule has 0 aromatic carbocycles. The first kappa shape index (κ1) is 21.1. The number of ketones is 2. The predicted molar refractivity (Wildman–Crippen MR) is 111 cm³/mol. The Hall–Kier alpha value is -1.19. The Bertz CT molecular complexity index is 699. The minimum atomic E-state index is -0.232. The molecule has 4 rings (SSSR count). The van der Waals surface area contributed by atoms with Gasteiger partial charge in [-0.1, -0.05) is 20.8 Å². The van der Waals surface area contributed by atoms with Crippen molar-refractivity contribution in [3.05, 3.63) is 0 Å². The third-order valence-corrected chi connectivity index (χ3v) is 10.1. The average molecular weight is 403 g/mol. The SMILES string of the molecule is COC(=O)CC[C@@H](C)C1CCC2C3CC[C@@H]4CC(=O)CC[C@]4(C)C3CC(=O)[C@@]21C. The summed E-state index contributed by atoms with van der Waals surface area (Å²) in [6.07, 6.45) is 9.00. The zero-order valence-electron chi connectivity index (χ0n) is 18.7. The van der Waals surface area contributed by atoms with Crippen LogP contribution in [-0.2, 0) is 19.1 Å². The van der Waals surface area contributed by atoms with Gasteiger partial charge in [0.25, 0.3) is 0 Å². The molecule has 0 saturated heterocycles. The average Bonchev–Trinajstić information content (AvgIpc) is 3.06. The van der Waals surface area contributed by atoms with Gasteiger partial charge in [-0.05, 0) is 79.4 Å². The third kappa shape index (κ3) is 3.20. The van der Waals surface area contributed by atoms with E-state index in [-0.39, 0.29) is 16.8 Å². The summed E-state index contributed by atoms with van der Waals surface area (Å²) in [7, 11) is 1.44. The summed E-state index contributed by atoms with van der Waals surface area (Å²) in [5, 5.41) is 0. The zero-order chi connectivity index (χ0) is 21.0. The Morgan fingerprint density at radius 1 is 1.10 bits per heavy atom. The Morgan fingerprint density at radius 3 is 2.59 bits per heavy atom. The summed E-state index contributed by atoms with van der Waals surface area (Å²) < 4.78 is 4.83. The molecule has 4 saturated carbocycles. The molecule has 0 amide bonds. The van der Waals surface area contributed by atoms with Crippen LogP contribution in [0, 0.1) is 46.3 Å². The molecule has 4 unspecified atom stereocenters. The number of esters is 1. The summed E-state index contributed by atoms with van der Waals surface area (Å²) in [5.41, 5.74) is -0.0627. The van der Waals surface area contributed by atoms with E-state index in [4.69, 9.17) is 4.74 Å². The number of hydrogen-bond acceptors (Lipinski definition) is 4. The molecule has 0 spiro atoms. The maximum atomic E-state index is 13.7. The van der Waals surface area contributed by atoms with Crippen LogP contribution in [0.25, 0.3) is 0 Å². The second-order valence-corrected chi connectivity index (χ2v) is 11.1. The van der Waals surface area contributed by atoms with E-state index in [1.54, 1.807) is 0 Å². The summed E-state index contributed by atoms with van der Waals surface area (Å²) in [5.74, 6) is 3.55. The lowest BCUT2D eigenvalue weighted by molar-refractivity contribution is -0.159. The molecule has 0 aromatic heterocycles.